The Balaban J connectivity index is 1.23. The number of amides is 2. The Bertz CT molecular complexity index is 1240. The van der Waals surface area contributed by atoms with Gasteiger partial charge in [-0.05, 0) is 35.7 Å². The van der Waals surface area contributed by atoms with E-state index in [0.29, 0.717) is 19.4 Å². The maximum absolute atomic E-state index is 12.6. The monoisotopic (exact) mass is 422 g/mol. The van der Waals surface area contributed by atoms with Crippen LogP contribution in [0.1, 0.15) is 24.0 Å². The lowest BCUT2D eigenvalue weighted by molar-refractivity contribution is -0.123. The van der Waals surface area contributed by atoms with E-state index in [-0.39, 0.29) is 18.4 Å². The van der Waals surface area contributed by atoms with Crippen LogP contribution in [0.5, 0.6) is 0 Å². The van der Waals surface area contributed by atoms with Crippen LogP contribution in [0.3, 0.4) is 0 Å². The number of aromatic nitrogens is 2. The number of para-hydroxylation sites is 3. The van der Waals surface area contributed by atoms with Gasteiger partial charge in [0.25, 0.3) is 0 Å². The van der Waals surface area contributed by atoms with Crippen LogP contribution in [0, 0.1) is 6.42 Å². The molecule has 1 aliphatic heterocycles. The zero-order valence-corrected chi connectivity index (χ0v) is 17.5. The van der Waals surface area contributed by atoms with E-state index < -0.39 is 0 Å². The summed E-state index contributed by atoms with van der Waals surface area (Å²) in [5, 5.41) is 2.92. The summed E-state index contributed by atoms with van der Waals surface area (Å²) in [5.41, 5.74) is 5.49. The van der Waals surface area contributed by atoms with Crippen molar-refractivity contribution in [1.29, 1.82) is 0 Å². The molecule has 2 N–H and O–H groups in total. The second-order valence-corrected chi connectivity index (χ2v) is 7.75. The average Bonchev–Trinajstić information content (AvgIpc) is 3.19. The quantitative estimate of drug-likeness (QED) is 0.508. The normalized spacial score (nSPS) is 13.6. The van der Waals surface area contributed by atoms with E-state index in [1.165, 1.54) is 0 Å². The highest BCUT2D eigenvalue weighted by molar-refractivity contribution is 6.00. The van der Waals surface area contributed by atoms with Gasteiger partial charge >= 0.3 is 0 Å². The zero-order chi connectivity index (χ0) is 21.9. The molecule has 2 radical (unpaired) electrons. The van der Waals surface area contributed by atoms with Crippen LogP contribution >= 0.6 is 0 Å². The van der Waals surface area contributed by atoms with Gasteiger partial charge in [0, 0.05) is 30.6 Å². The Hall–Kier alpha value is -3.93. The summed E-state index contributed by atoms with van der Waals surface area (Å²) in [6.45, 7) is 0.385. The summed E-state index contributed by atoms with van der Waals surface area (Å²) < 4.78 is 0. The molecule has 6 nitrogen and oxygen atoms in total. The molecule has 1 aliphatic rings. The highest BCUT2D eigenvalue weighted by atomic mass is 16.2. The molecular weight excluding hydrogens is 400 g/mol. The molecule has 0 bridgehead atoms. The second kappa shape index (κ2) is 8.67. The molecular formula is C26H22N4O2. The van der Waals surface area contributed by atoms with Crippen LogP contribution in [0.4, 0.5) is 5.69 Å². The molecule has 0 fully saturated rings. The molecule has 158 valence electrons. The number of carbonyl (C=O) groups is 2. The third kappa shape index (κ3) is 4.12. The molecule has 6 heteroatoms. The van der Waals surface area contributed by atoms with Gasteiger partial charge in [-0.3, -0.25) is 9.59 Å². The number of H-pyrrole nitrogens is 1. The van der Waals surface area contributed by atoms with Crippen molar-refractivity contribution in [3.05, 3.63) is 90.3 Å². The van der Waals surface area contributed by atoms with Gasteiger partial charge in [0.15, 0.2) is 0 Å². The molecule has 2 amide bonds. The number of rotatable bonds is 5. The van der Waals surface area contributed by atoms with Crippen LogP contribution in [0.2, 0.25) is 0 Å². The fourth-order valence-corrected chi connectivity index (χ4v) is 3.88. The highest BCUT2D eigenvalue weighted by Gasteiger charge is 2.24. The molecule has 32 heavy (non-hydrogen) atoms. The van der Waals surface area contributed by atoms with Gasteiger partial charge < -0.3 is 15.2 Å². The summed E-state index contributed by atoms with van der Waals surface area (Å²) in [6.07, 6.45) is 4.16. The van der Waals surface area contributed by atoms with Gasteiger partial charge in [-0.2, -0.15) is 0 Å². The highest BCUT2D eigenvalue weighted by Crippen LogP contribution is 2.27. The molecule has 1 aromatic heterocycles. The fourth-order valence-electron chi connectivity index (χ4n) is 3.88. The first kappa shape index (κ1) is 20.0. The van der Waals surface area contributed by atoms with Gasteiger partial charge in [-0.15, -0.1) is 0 Å². The smallest absolute Gasteiger partial charge is 0.240 e. The first-order chi connectivity index (χ1) is 15.7. The molecule has 0 saturated carbocycles. The van der Waals surface area contributed by atoms with Gasteiger partial charge in [-0.1, -0.05) is 54.6 Å². The summed E-state index contributed by atoms with van der Waals surface area (Å²) >= 11 is 0. The molecule has 3 aromatic carbocycles. The summed E-state index contributed by atoms with van der Waals surface area (Å²) in [7, 11) is 0. The van der Waals surface area contributed by atoms with E-state index in [9.17, 15) is 9.59 Å². The SMILES string of the molecule is O=C(CN1C(=O)CC[C]c2ccccc21)NCc1ccc(-c2nc3ccccc3[nH]2)cc1. The molecule has 4 aromatic rings. The first-order valence-electron chi connectivity index (χ1n) is 10.6. The number of aromatic amines is 1. The standard InChI is InChI=1S/C26H22N4O2/c31-24(17-30-23-10-4-1-6-19(23)7-5-11-25(30)32)27-16-18-12-14-20(15-13-18)26-28-21-8-2-3-9-22(21)29-26/h1-4,6,8-10,12-15H,5,11,16-17H2,(H,27,31)(H,28,29). The third-order valence-electron chi connectivity index (χ3n) is 5.56. The van der Waals surface area contributed by atoms with Crippen LogP contribution < -0.4 is 10.2 Å². The van der Waals surface area contributed by atoms with Gasteiger partial charge in [0.05, 0.1) is 11.0 Å². The minimum atomic E-state index is -0.198. The number of nitrogens with one attached hydrogen (secondary N) is 2. The largest absolute Gasteiger partial charge is 0.350 e. The number of anilines is 1. The van der Waals surface area contributed by atoms with E-state index in [1.807, 2.05) is 72.8 Å². The lowest BCUT2D eigenvalue weighted by Gasteiger charge is -2.22. The molecule has 0 spiro atoms. The predicted octanol–water partition coefficient (Wildman–Crippen LogP) is 4.10. The Kier molecular flexibility index (Phi) is 5.42. The lowest BCUT2D eigenvalue weighted by Crippen LogP contribution is -2.40. The number of nitrogens with zero attached hydrogens (tertiary/aromatic N) is 2. The van der Waals surface area contributed by atoms with Crippen LogP contribution in [-0.4, -0.2) is 28.3 Å². The second-order valence-electron chi connectivity index (χ2n) is 7.75. The van der Waals surface area contributed by atoms with E-state index in [4.69, 9.17) is 0 Å². The van der Waals surface area contributed by atoms with Crippen molar-refractivity contribution in [3.63, 3.8) is 0 Å². The average molecular weight is 422 g/mol. The molecule has 0 atom stereocenters. The van der Waals surface area contributed by atoms with Gasteiger partial charge in [0.2, 0.25) is 11.8 Å². The number of imidazole rings is 1. The number of fused-ring (bicyclic) bond motifs is 2. The van der Waals surface area contributed by atoms with Crippen LogP contribution in [0.25, 0.3) is 22.4 Å². The molecule has 2 heterocycles. The Morgan fingerprint density at radius 1 is 1.03 bits per heavy atom. The van der Waals surface area contributed by atoms with Crippen molar-refractivity contribution in [3.8, 4) is 11.4 Å². The number of carbonyl (C=O) groups excluding carboxylic acids is 2. The molecule has 5 rings (SSSR count). The number of hydrogen-bond acceptors (Lipinski definition) is 3. The Labute approximate surface area is 186 Å². The van der Waals surface area contributed by atoms with Crippen molar-refractivity contribution >= 4 is 28.5 Å². The predicted molar refractivity (Wildman–Crippen MR) is 124 cm³/mol. The fraction of sp³-hybridized carbons (Fsp3) is 0.154. The van der Waals surface area contributed by atoms with Crippen molar-refractivity contribution in [2.24, 2.45) is 0 Å². The van der Waals surface area contributed by atoms with Crippen LogP contribution in [0.15, 0.2) is 72.8 Å². The van der Waals surface area contributed by atoms with Crippen molar-refractivity contribution < 1.29 is 9.59 Å². The van der Waals surface area contributed by atoms with Crippen molar-refractivity contribution in [1.82, 2.24) is 15.3 Å². The summed E-state index contributed by atoms with van der Waals surface area (Å²) in [4.78, 5) is 34.6. The van der Waals surface area contributed by atoms with Crippen molar-refractivity contribution in [2.45, 2.75) is 19.4 Å². The minimum Gasteiger partial charge on any atom is -0.350 e. The molecule has 0 saturated heterocycles. The minimum absolute atomic E-state index is 0.00536. The Morgan fingerprint density at radius 2 is 1.81 bits per heavy atom. The first-order valence-corrected chi connectivity index (χ1v) is 10.6. The Morgan fingerprint density at radius 3 is 2.66 bits per heavy atom. The van der Waals surface area contributed by atoms with Crippen molar-refractivity contribution in [2.75, 3.05) is 11.4 Å². The number of hydrogen-bond donors (Lipinski definition) is 2. The maximum atomic E-state index is 12.6. The number of benzene rings is 3. The van der Waals surface area contributed by atoms with Gasteiger partial charge in [0.1, 0.15) is 12.4 Å². The third-order valence-corrected chi connectivity index (χ3v) is 5.56. The van der Waals surface area contributed by atoms with E-state index in [0.717, 1.165) is 39.2 Å². The summed E-state index contributed by atoms with van der Waals surface area (Å²) in [5.74, 6) is 0.554. The summed E-state index contributed by atoms with van der Waals surface area (Å²) in [6, 6.07) is 23.4. The topological polar surface area (TPSA) is 78.1 Å². The lowest BCUT2D eigenvalue weighted by atomic mass is 10.1. The molecule has 0 aliphatic carbocycles. The maximum Gasteiger partial charge on any atom is 0.240 e. The van der Waals surface area contributed by atoms with E-state index in [2.05, 4.69) is 21.7 Å². The van der Waals surface area contributed by atoms with Crippen LogP contribution in [-0.2, 0) is 16.1 Å². The van der Waals surface area contributed by atoms with E-state index in [1.54, 1.807) is 4.90 Å². The van der Waals surface area contributed by atoms with E-state index >= 15 is 0 Å². The van der Waals surface area contributed by atoms with Gasteiger partial charge in [-0.25, -0.2) is 4.98 Å². The molecule has 0 unspecified atom stereocenters. The zero-order valence-electron chi connectivity index (χ0n) is 17.5.